The van der Waals surface area contributed by atoms with E-state index >= 15 is 0 Å². The van der Waals surface area contributed by atoms with Gasteiger partial charge in [0, 0.05) is 13.2 Å². The third-order valence-corrected chi connectivity index (χ3v) is 9.90. The Balaban J connectivity index is 2.03. The minimum absolute atomic E-state index is 0.308. The maximum absolute atomic E-state index is 6.16. The number of unbranched alkanes of at least 4 members (excludes halogenated alkanes) is 18. The molecule has 50 heavy (non-hydrogen) atoms. The molecule has 1 aliphatic heterocycles. The third kappa shape index (κ3) is 35.2. The van der Waals surface area contributed by atoms with E-state index in [1.165, 1.54) is 180 Å². The van der Waals surface area contributed by atoms with E-state index in [1.807, 2.05) is 0 Å². The second-order valence-corrected chi connectivity index (χ2v) is 14.9. The Morgan fingerprint density at radius 1 is 0.480 bits per heavy atom. The molecule has 0 radical (unpaired) electrons. The summed E-state index contributed by atoms with van der Waals surface area (Å²) in [6.45, 7) is 12.7. The molecule has 0 saturated carbocycles. The summed E-state index contributed by atoms with van der Waals surface area (Å²) in [6.07, 6.45) is 53.6. The standard InChI is InChI=1S/C46H86N2O2/c1-3-5-7-9-11-13-15-17-19-21-23-25-27-29-31-35-42-49-44-46(47-38-37-41-48-39-33-34-40-48)45-50-43-36-32-30-28-26-24-22-20-18-16-14-12-10-8-6-4-2/h11-14,17-20,46-47H,3-10,15-16,21-45H2,1-2H3. The monoisotopic (exact) mass is 699 g/mol. The van der Waals surface area contributed by atoms with Crippen LogP contribution in [0.5, 0.6) is 0 Å². The highest BCUT2D eigenvalue weighted by Gasteiger charge is 2.12. The number of allylic oxidation sites excluding steroid dienone is 8. The van der Waals surface area contributed by atoms with E-state index in [4.69, 9.17) is 9.47 Å². The molecule has 1 aliphatic rings. The van der Waals surface area contributed by atoms with E-state index in [-0.39, 0.29) is 0 Å². The summed E-state index contributed by atoms with van der Waals surface area (Å²) >= 11 is 0. The Morgan fingerprint density at radius 3 is 1.32 bits per heavy atom. The van der Waals surface area contributed by atoms with E-state index in [1.54, 1.807) is 0 Å². The van der Waals surface area contributed by atoms with Crippen molar-refractivity contribution in [3.63, 3.8) is 0 Å². The van der Waals surface area contributed by atoms with Crippen molar-refractivity contribution in [3.05, 3.63) is 48.6 Å². The summed E-state index contributed by atoms with van der Waals surface area (Å²) in [7, 11) is 0. The lowest BCUT2D eigenvalue weighted by Gasteiger charge is -2.20. The summed E-state index contributed by atoms with van der Waals surface area (Å²) in [4.78, 5) is 2.61. The second-order valence-electron chi connectivity index (χ2n) is 14.9. The lowest BCUT2D eigenvalue weighted by Crippen LogP contribution is -2.39. The van der Waals surface area contributed by atoms with Crippen LogP contribution in [-0.2, 0) is 9.47 Å². The molecular weight excluding hydrogens is 613 g/mol. The highest BCUT2D eigenvalue weighted by Crippen LogP contribution is 2.11. The van der Waals surface area contributed by atoms with Gasteiger partial charge in [0.2, 0.25) is 0 Å². The van der Waals surface area contributed by atoms with Gasteiger partial charge in [0.05, 0.1) is 19.3 Å². The quantitative estimate of drug-likeness (QED) is 0.0512. The maximum atomic E-state index is 6.16. The van der Waals surface area contributed by atoms with Gasteiger partial charge in [-0.3, -0.25) is 0 Å². The van der Waals surface area contributed by atoms with Gasteiger partial charge in [0.1, 0.15) is 0 Å². The minimum atomic E-state index is 0.308. The third-order valence-electron chi connectivity index (χ3n) is 9.90. The zero-order valence-corrected chi connectivity index (χ0v) is 33.7. The number of hydrogen-bond donors (Lipinski definition) is 1. The van der Waals surface area contributed by atoms with Crippen LogP contribution in [0.1, 0.15) is 187 Å². The van der Waals surface area contributed by atoms with Gasteiger partial charge in [0.25, 0.3) is 0 Å². The van der Waals surface area contributed by atoms with Crippen LogP contribution in [0, 0.1) is 0 Å². The summed E-state index contributed by atoms with van der Waals surface area (Å²) in [5, 5.41) is 3.76. The molecule has 1 fully saturated rings. The summed E-state index contributed by atoms with van der Waals surface area (Å²) in [5.41, 5.74) is 0. The van der Waals surface area contributed by atoms with E-state index < -0.39 is 0 Å². The molecule has 0 amide bonds. The second kappa shape index (κ2) is 40.6. The van der Waals surface area contributed by atoms with Crippen LogP contribution in [0.3, 0.4) is 0 Å². The van der Waals surface area contributed by atoms with E-state index in [2.05, 4.69) is 72.7 Å². The summed E-state index contributed by atoms with van der Waals surface area (Å²) in [5.74, 6) is 0. The van der Waals surface area contributed by atoms with Crippen molar-refractivity contribution < 1.29 is 9.47 Å². The zero-order chi connectivity index (χ0) is 35.7. The van der Waals surface area contributed by atoms with Crippen molar-refractivity contribution in [1.82, 2.24) is 10.2 Å². The van der Waals surface area contributed by atoms with Gasteiger partial charge in [-0.15, -0.1) is 0 Å². The first kappa shape index (κ1) is 46.8. The molecule has 4 heteroatoms. The molecule has 0 bridgehead atoms. The van der Waals surface area contributed by atoms with Crippen molar-refractivity contribution >= 4 is 0 Å². The van der Waals surface area contributed by atoms with Gasteiger partial charge in [-0.2, -0.15) is 0 Å². The topological polar surface area (TPSA) is 33.7 Å². The van der Waals surface area contributed by atoms with Crippen LogP contribution in [0.25, 0.3) is 0 Å². The predicted molar refractivity (Wildman–Crippen MR) is 222 cm³/mol. The number of nitrogens with zero attached hydrogens (tertiary/aromatic N) is 1. The molecule has 0 aliphatic carbocycles. The van der Waals surface area contributed by atoms with E-state index in [0.717, 1.165) is 45.8 Å². The highest BCUT2D eigenvalue weighted by molar-refractivity contribution is 4.93. The maximum Gasteiger partial charge on any atom is 0.0642 e. The van der Waals surface area contributed by atoms with E-state index in [0.29, 0.717) is 6.04 Å². The van der Waals surface area contributed by atoms with E-state index in [9.17, 15) is 0 Å². The predicted octanol–water partition coefficient (Wildman–Crippen LogP) is 13.1. The van der Waals surface area contributed by atoms with Gasteiger partial charge in [-0.25, -0.2) is 0 Å². The van der Waals surface area contributed by atoms with Crippen molar-refractivity contribution in [2.75, 3.05) is 52.6 Å². The number of rotatable bonds is 39. The largest absolute Gasteiger partial charge is 0.380 e. The Hall–Kier alpha value is -1.20. The van der Waals surface area contributed by atoms with Gasteiger partial charge >= 0.3 is 0 Å². The van der Waals surface area contributed by atoms with Gasteiger partial charge < -0.3 is 19.7 Å². The SMILES string of the molecule is CCCCCC=CCC=CCCCCCCCCOCC(COCCCCCCCCC=CCC=CCCCCC)NCCCN1CCCC1. The molecule has 1 heterocycles. The highest BCUT2D eigenvalue weighted by atomic mass is 16.5. The average molecular weight is 699 g/mol. The molecule has 1 saturated heterocycles. The summed E-state index contributed by atoms with van der Waals surface area (Å²) in [6, 6.07) is 0.308. The fraction of sp³-hybridized carbons (Fsp3) is 0.826. The molecule has 0 spiro atoms. The average Bonchev–Trinajstić information content (AvgIpc) is 3.65. The van der Waals surface area contributed by atoms with Crippen LogP contribution < -0.4 is 5.32 Å². The molecule has 292 valence electrons. The normalized spacial score (nSPS) is 14.9. The van der Waals surface area contributed by atoms with Gasteiger partial charge in [-0.1, -0.05) is 140 Å². The molecule has 1 N–H and O–H groups in total. The molecule has 0 aromatic heterocycles. The minimum Gasteiger partial charge on any atom is -0.380 e. The van der Waals surface area contributed by atoms with Crippen LogP contribution in [-0.4, -0.2) is 63.5 Å². The van der Waals surface area contributed by atoms with Crippen molar-refractivity contribution in [2.45, 2.75) is 193 Å². The molecule has 0 aromatic rings. The first-order chi connectivity index (χ1) is 24.9. The Labute approximate surface area is 313 Å². The first-order valence-electron chi connectivity index (χ1n) is 22.1. The van der Waals surface area contributed by atoms with Crippen LogP contribution >= 0.6 is 0 Å². The Morgan fingerprint density at radius 2 is 0.880 bits per heavy atom. The first-order valence-corrected chi connectivity index (χ1v) is 22.1. The van der Waals surface area contributed by atoms with Crippen molar-refractivity contribution in [1.29, 1.82) is 0 Å². The number of hydrogen-bond acceptors (Lipinski definition) is 4. The fourth-order valence-electron chi connectivity index (χ4n) is 6.62. The number of ether oxygens (including phenoxy) is 2. The molecule has 0 aromatic carbocycles. The van der Waals surface area contributed by atoms with Crippen molar-refractivity contribution in [3.8, 4) is 0 Å². The van der Waals surface area contributed by atoms with Crippen molar-refractivity contribution in [2.24, 2.45) is 0 Å². The molecular formula is C46H86N2O2. The van der Waals surface area contributed by atoms with Gasteiger partial charge in [-0.05, 0) is 122 Å². The fourth-order valence-corrected chi connectivity index (χ4v) is 6.62. The molecule has 1 rings (SSSR count). The Kier molecular flexibility index (Phi) is 38.0. The zero-order valence-electron chi connectivity index (χ0n) is 33.7. The molecule has 4 nitrogen and oxygen atoms in total. The number of likely N-dealkylation sites (tertiary alicyclic amines) is 1. The summed E-state index contributed by atoms with van der Waals surface area (Å²) < 4.78 is 12.3. The van der Waals surface area contributed by atoms with Crippen LogP contribution in [0.2, 0.25) is 0 Å². The number of nitrogens with one attached hydrogen (secondary N) is 1. The molecule has 0 atom stereocenters. The van der Waals surface area contributed by atoms with Crippen LogP contribution in [0.4, 0.5) is 0 Å². The smallest absolute Gasteiger partial charge is 0.0642 e. The van der Waals surface area contributed by atoms with Gasteiger partial charge in [0.15, 0.2) is 0 Å². The Bertz CT molecular complexity index is 718. The molecule has 0 unspecified atom stereocenters. The lowest BCUT2D eigenvalue weighted by atomic mass is 10.1. The van der Waals surface area contributed by atoms with Crippen LogP contribution in [0.15, 0.2) is 48.6 Å². The lowest BCUT2D eigenvalue weighted by molar-refractivity contribution is 0.0526.